The van der Waals surface area contributed by atoms with Gasteiger partial charge < -0.3 is 10.2 Å². The van der Waals surface area contributed by atoms with Crippen molar-refractivity contribution in [3.05, 3.63) is 53.7 Å². The Labute approximate surface area is 174 Å². The molecule has 150 valence electrons. The highest BCUT2D eigenvalue weighted by Gasteiger charge is 2.44. The number of benzene rings is 1. The van der Waals surface area contributed by atoms with Crippen LogP contribution in [-0.2, 0) is 10.2 Å². The Morgan fingerprint density at radius 1 is 1.07 bits per heavy atom. The van der Waals surface area contributed by atoms with Crippen molar-refractivity contribution in [2.45, 2.75) is 18.3 Å². The predicted octanol–water partition coefficient (Wildman–Crippen LogP) is 2.66. The van der Waals surface area contributed by atoms with Crippen molar-refractivity contribution in [2.75, 3.05) is 44.2 Å². The molecule has 2 fully saturated rings. The van der Waals surface area contributed by atoms with Gasteiger partial charge in [0.2, 0.25) is 5.91 Å². The van der Waals surface area contributed by atoms with Crippen molar-refractivity contribution in [1.29, 1.82) is 0 Å². The number of anilines is 1. The summed E-state index contributed by atoms with van der Waals surface area (Å²) in [5, 5.41) is 6.37. The summed E-state index contributed by atoms with van der Waals surface area (Å²) < 4.78 is 0. The zero-order valence-electron chi connectivity index (χ0n) is 16.4. The van der Waals surface area contributed by atoms with Crippen LogP contribution in [0.5, 0.6) is 0 Å². The van der Waals surface area contributed by atoms with Gasteiger partial charge in [0, 0.05) is 38.1 Å². The lowest BCUT2D eigenvalue weighted by Gasteiger charge is -2.35. The summed E-state index contributed by atoms with van der Waals surface area (Å²) in [6, 6.07) is 12.7. The molecule has 3 aromatic rings. The second kappa shape index (κ2) is 7.72. The minimum absolute atomic E-state index is 0.128. The van der Waals surface area contributed by atoms with E-state index in [2.05, 4.69) is 60.8 Å². The first kappa shape index (κ1) is 18.5. The van der Waals surface area contributed by atoms with Gasteiger partial charge >= 0.3 is 0 Å². The van der Waals surface area contributed by atoms with E-state index in [-0.39, 0.29) is 11.3 Å². The average molecular weight is 408 g/mol. The molecule has 2 aromatic heterocycles. The second-order valence-electron chi connectivity index (χ2n) is 8.02. The number of thiophene rings is 1. The van der Waals surface area contributed by atoms with E-state index in [4.69, 9.17) is 0 Å². The molecule has 1 aliphatic heterocycles. The Bertz CT molecular complexity index is 993. The molecule has 5 rings (SSSR count). The fraction of sp³-hybridized carbons (Fsp3) is 0.409. The Hall–Kier alpha value is -2.51. The third kappa shape index (κ3) is 3.84. The standard InChI is InChI=1S/C22H25N5OS/c28-19(23-15-22(7-8-22)17-4-2-1-3-5-17)14-26-9-11-27(12-10-26)20-18-6-13-29-21(18)25-16-24-20/h1-6,13,16H,7-12,14-15H2,(H,23,28). The lowest BCUT2D eigenvalue weighted by atomic mass is 9.96. The van der Waals surface area contributed by atoms with Gasteiger partial charge in [0.1, 0.15) is 17.0 Å². The molecule has 1 amide bonds. The fourth-order valence-electron chi connectivity index (χ4n) is 4.18. The van der Waals surface area contributed by atoms with E-state index in [0.717, 1.165) is 61.6 Å². The number of amides is 1. The van der Waals surface area contributed by atoms with Crippen molar-refractivity contribution in [3.63, 3.8) is 0 Å². The van der Waals surface area contributed by atoms with Crippen LogP contribution in [0.2, 0.25) is 0 Å². The molecule has 2 aliphatic rings. The molecule has 0 spiro atoms. The maximum absolute atomic E-state index is 12.5. The third-order valence-corrected chi connectivity index (χ3v) is 6.96. The molecule has 1 aromatic carbocycles. The SMILES string of the molecule is O=C(CN1CCN(c2ncnc3sccc23)CC1)NCC1(c2ccccc2)CC1. The molecular weight excluding hydrogens is 382 g/mol. The maximum Gasteiger partial charge on any atom is 0.234 e. The first-order valence-electron chi connectivity index (χ1n) is 10.2. The van der Waals surface area contributed by atoms with Gasteiger partial charge in [-0.3, -0.25) is 9.69 Å². The highest BCUT2D eigenvalue weighted by molar-refractivity contribution is 7.16. The van der Waals surface area contributed by atoms with Gasteiger partial charge in [0.25, 0.3) is 0 Å². The van der Waals surface area contributed by atoms with Crippen LogP contribution in [-0.4, -0.2) is 60.0 Å². The van der Waals surface area contributed by atoms with E-state index in [1.807, 2.05) is 6.07 Å². The Morgan fingerprint density at radius 3 is 2.62 bits per heavy atom. The van der Waals surface area contributed by atoms with Crippen LogP contribution in [0.15, 0.2) is 48.1 Å². The van der Waals surface area contributed by atoms with Crippen LogP contribution in [0.3, 0.4) is 0 Å². The number of carbonyl (C=O) groups excluding carboxylic acids is 1. The maximum atomic E-state index is 12.5. The monoisotopic (exact) mass is 407 g/mol. The number of nitrogens with one attached hydrogen (secondary N) is 1. The van der Waals surface area contributed by atoms with Crippen molar-refractivity contribution in [3.8, 4) is 0 Å². The molecule has 0 bridgehead atoms. The summed E-state index contributed by atoms with van der Waals surface area (Å²) >= 11 is 1.64. The Morgan fingerprint density at radius 2 is 1.86 bits per heavy atom. The number of hydrogen-bond acceptors (Lipinski definition) is 6. The minimum Gasteiger partial charge on any atom is -0.354 e. The summed E-state index contributed by atoms with van der Waals surface area (Å²) in [5.41, 5.74) is 1.51. The number of fused-ring (bicyclic) bond motifs is 1. The van der Waals surface area contributed by atoms with E-state index >= 15 is 0 Å². The molecule has 29 heavy (non-hydrogen) atoms. The first-order valence-corrected chi connectivity index (χ1v) is 11.1. The van der Waals surface area contributed by atoms with Gasteiger partial charge in [-0.1, -0.05) is 30.3 Å². The molecule has 0 radical (unpaired) electrons. The quantitative estimate of drug-likeness (QED) is 0.681. The molecule has 1 N–H and O–H groups in total. The highest BCUT2D eigenvalue weighted by Crippen LogP contribution is 2.47. The zero-order chi connectivity index (χ0) is 19.7. The highest BCUT2D eigenvalue weighted by atomic mass is 32.1. The molecule has 1 saturated heterocycles. The van der Waals surface area contributed by atoms with E-state index in [1.165, 1.54) is 5.56 Å². The number of piperazine rings is 1. The topological polar surface area (TPSA) is 61.4 Å². The lowest BCUT2D eigenvalue weighted by Crippen LogP contribution is -2.50. The molecule has 7 heteroatoms. The average Bonchev–Trinajstić information content (AvgIpc) is 3.41. The molecule has 3 heterocycles. The van der Waals surface area contributed by atoms with E-state index in [0.29, 0.717) is 6.54 Å². The van der Waals surface area contributed by atoms with Crippen molar-refractivity contribution in [1.82, 2.24) is 20.2 Å². The van der Waals surface area contributed by atoms with Crippen LogP contribution < -0.4 is 10.2 Å². The van der Waals surface area contributed by atoms with Crippen LogP contribution >= 0.6 is 11.3 Å². The van der Waals surface area contributed by atoms with Gasteiger partial charge in [-0.05, 0) is 29.9 Å². The van der Waals surface area contributed by atoms with Crippen LogP contribution in [0.25, 0.3) is 10.2 Å². The summed E-state index contributed by atoms with van der Waals surface area (Å²) in [4.78, 5) is 26.9. The molecule has 0 unspecified atom stereocenters. The largest absolute Gasteiger partial charge is 0.354 e. The molecule has 6 nitrogen and oxygen atoms in total. The minimum atomic E-state index is 0.128. The summed E-state index contributed by atoms with van der Waals surface area (Å²) in [6.45, 7) is 4.70. The first-order chi connectivity index (χ1) is 14.2. The molecule has 1 saturated carbocycles. The number of hydrogen-bond donors (Lipinski definition) is 1. The molecular formula is C22H25N5OS. The van der Waals surface area contributed by atoms with Crippen LogP contribution in [0, 0.1) is 0 Å². The van der Waals surface area contributed by atoms with Crippen molar-refractivity contribution < 1.29 is 4.79 Å². The van der Waals surface area contributed by atoms with E-state index in [1.54, 1.807) is 17.7 Å². The number of carbonyl (C=O) groups is 1. The molecule has 0 atom stereocenters. The number of rotatable bonds is 6. The van der Waals surface area contributed by atoms with Crippen LogP contribution in [0.4, 0.5) is 5.82 Å². The van der Waals surface area contributed by atoms with Gasteiger partial charge in [-0.25, -0.2) is 9.97 Å². The van der Waals surface area contributed by atoms with Gasteiger partial charge in [0.05, 0.1) is 11.9 Å². The normalized spacial score (nSPS) is 18.7. The Kier molecular flexibility index (Phi) is 4.93. The third-order valence-electron chi connectivity index (χ3n) is 6.14. The number of nitrogens with zero attached hydrogens (tertiary/aromatic N) is 4. The fourth-order valence-corrected chi connectivity index (χ4v) is 4.91. The second-order valence-corrected chi connectivity index (χ2v) is 8.92. The smallest absolute Gasteiger partial charge is 0.234 e. The zero-order valence-corrected chi connectivity index (χ0v) is 17.2. The molecule has 1 aliphatic carbocycles. The summed E-state index contributed by atoms with van der Waals surface area (Å²) in [7, 11) is 0. The van der Waals surface area contributed by atoms with Gasteiger partial charge in [0.15, 0.2) is 0 Å². The van der Waals surface area contributed by atoms with Crippen molar-refractivity contribution >= 4 is 33.3 Å². The predicted molar refractivity (Wildman–Crippen MR) is 116 cm³/mol. The van der Waals surface area contributed by atoms with Crippen molar-refractivity contribution in [2.24, 2.45) is 0 Å². The van der Waals surface area contributed by atoms with Gasteiger partial charge in [-0.2, -0.15) is 0 Å². The number of aromatic nitrogens is 2. The Balaban J connectivity index is 1.12. The van der Waals surface area contributed by atoms with Gasteiger partial charge in [-0.15, -0.1) is 11.3 Å². The van der Waals surface area contributed by atoms with E-state index in [9.17, 15) is 4.79 Å². The van der Waals surface area contributed by atoms with E-state index < -0.39 is 0 Å². The van der Waals surface area contributed by atoms with Crippen LogP contribution in [0.1, 0.15) is 18.4 Å². The lowest BCUT2D eigenvalue weighted by molar-refractivity contribution is -0.122. The summed E-state index contributed by atoms with van der Waals surface area (Å²) in [5.74, 6) is 1.14. The summed E-state index contributed by atoms with van der Waals surface area (Å²) in [6.07, 6.45) is 3.96.